The minimum atomic E-state index is -1.24. The lowest BCUT2D eigenvalue weighted by atomic mass is 10.1. The third-order valence-corrected chi connectivity index (χ3v) is 3.98. The first kappa shape index (κ1) is 16.5. The SMILES string of the molecule is O=C([O-])CCc1ccc(-c2ccccc2)n1-c1ccc(C(=O)[O-])cc1. The number of nitrogens with zero attached hydrogens (tertiary/aromatic N) is 1. The van der Waals surface area contributed by atoms with E-state index in [0.29, 0.717) is 6.42 Å². The van der Waals surface area contributed by atoms with E-state index in [-0.39, 0.29) is 12.0 Å². The van der Waals surface area contributed by atoms with Gasteiger partial charge in [0.05, 0.1) is 11.7 Å². The summed E-state index contributed by atoms with van der Waals surface area (Å²) in [4.78, 5) is 21.8. The van der Waals surface area contributed by atoms with E-state index in [1.54, 1.807) is 12.1 Å². The zero-order valence-electron chi connectivity index (χ0n) is 13.3. The van der Waals surface area contributed by atoms with Crippen molar-refractivity contribution in [3.05, 3.63) is 78.0 Å². The number of carbonyl (C=O) groups excluding carboxylic acids is 2. The Morgan fingerprint density at radius 1 is 0.840 bits per heavy atom. The fourth-order valence-corrected chi connectivity index (χ4v) is 2.79. The molecular formula is C20H15NO4-2. The molecule has 0 N–H and O–H groups in total. The molecule has 0 bridgehead atoms. The first-order valence-electron chi connectivity index (χ1n) is 7.84. The Morgan fingerprint density at radius 2 is 1.52 bits per heavy atom. The maximum Gasteiger partial charge on any atom is 0.0715 e. The van der Waals surface area contributed by atoms with Crippen molar-refractivity contribution in [2.75, 3.05) is 0 Å². The van der Waals surface area contributed by atoms with Crippen molar-refractivity contribution in [2.45, 2.75) is 12.8 Å². The fourth-order valence-electron chi connectivity index (χ4n) is 2.79. The van der Waals surface area contributed by atoms with Crippen molar-refractivity contribution in [2.24, 2.45) is 0 Å². The zero-order chi connectivity index (χ0) is 17.8. The maximum atomic E-state index is 10.9. The molecule has 0 saturated carbocycles. The van der Waals surface area contributed by atoms with Crippen LogP contribution in [0, 0.1) is 0 Å². The molecule has 0 aliphatic rings. The highest BCUT2D eigenvalue weighted by Crippen LogP contribution is 2.27. The van der Waals surface area contributed by atoms with Crippen molar-refractivity contribution in [1.82, 2.24) is 4.57 Å². The van der Waals surface area contributed by atoms with Gasteiger partial charge in [0, 0.05) is 17.4 Å². The van der Waals surface area contributed by atoms with E-state index in [0.717, 1.165) is 22.6 Å². The molecule has 0 aliphatic heterocycles. The van der Waals surface area contributed by atoms with Gasteiger partial charge >= 0.3 is 0 Å². The van der Waals surface area contributed by atoms with Gasteiger partial charge in [0.2, 0.25) is 0 Å². The number of hydrogen-bond acceptors (Lipinski definition) is 4. The van der Waals surface area contributed by atoms with Crippen LogP contribution in [0.4, 0.5) is 0 Å². The van der Waals surface area contributed by atoms with Crippen molar-refractivity contribution in [3.63, 3.8) is 0 Å². The smallest absolute Gasteiger partial charge is 0.0715 e. The molecule has 5 nitrogen and oxygen atoms in total. The van der Waals surface area contributed by atoms with Crippen LogP contribution in [-0.4, -0.2) is 16.5 Å². The number of aryl methyl sites for hydroxylation is 1. The maximum absolute atomic E-state index is 10.9. The van der Waals surface area contributed by atoms with E-state index in [9.17, 15) is 19.8 Å². The van der Waals surface area contributed by atoms with E-state index in [4.69, 9.17) is 0 Å². The number of benzene rings is 2. The molecule has 0 amide bonds. The number of carboxylic acid groups (broad SMARTS) is 2. The topological polar surface area (TPSA) is 85.2 Å². The van der Waals surface area contributed by atoms with Crippen LogP contribution in [0.1, 0.15) is 22.5 Å². The predicted octanol–water partition coefficient (Wildman–Crippen LogP) is 1.19. The zero-order valence-corrected chi connectivity index (χ0v) is 13.3. The molecule has 3 rings (SSSR count). The van der Waals surface area contributed by atoms with Crippen molar-refractivity contribution >= 4 is 11.9 Å². The van der Waals surface area contributed by atoms with E-state index < -0.39 is 11.9 Å². The first-order valence-corrected chi connectivity index (χ1v) is 7.84. The molecule has 25 heavy (non-hydrogen) atoms. The minimum Gasteiger partial charge on any atom is -0.550 e. The van der Waals surface area contributed by atoms with Gasteiger partial charge in [-0.1, -0.05) is 42.5 Å². The minimum absolute atomic E-state index is 0.0879. The van der Waals surface area contributed by atoms with Gasteiger partial charge in [-0.3, -0.25) is 0 Å². The van der Waals surface area contributed by atoms with Gasteiger partial charge in [0.1, 0.15) is 0 Å². The summed E-state index contributed by atoms with van der Waals surface area (Å²) >= 11 is 0. The second-order valence-corrected chi connectivity index (χ2v) is 5.62. The number of rotatable bonds is 6. The second kappa shape index (κ2) is 7.05. The Morgan fingerprint density at radius 3 is 2.12 bits per heavy atom. The van der Waals surface area contributed by atoms with Crippen molar-refractivity contribution in [1.29, 1.82) is 0 Å². The van der Waals surface area contributed by atoms with Crippen LogP contribution in [-0.2, 0) is 11.2 Å². The summed E-state index contributed by atoms with van der Waals surface area (Å²) in [6, 6.07) is 19.8. The molecule has 0 spiro atoms. The van der Waals surface area contributed by atoms with Crippen molar-refractivity contribution in [3.8, 4) is 16.9 Å². The fraction of sp³-hybridized carbons (Fsp3) is 0.100. The average molecular weight is 333 g/mol. The lowest BCUT2D eigenvalue weighted by Gasteiger charge is -2.15. The number of carboxylic acids is 2. The quantitative estimate of drug-likeness (QED) is 0.678. The lowest BCUT2D eigenvalue weighted by molar-refractivity contribution is -0.305. The van der Waals surface area contributed by atoms with Crippen LogP contribution in [0.2, 0.25) is 0 Å². The molecule has 3 aromatic rings. The van der Waals surface area contributed by atoms with Gasteiger partial charge in [-0.25, -0.2) is 0 Å². The molecule has 0 fully saturated rings. The number of aromatic nitrogens is 1. The normalized spacial score (nSPS) is 10.6. The summed E-state index contributed by atoms with van der Waals surface area (Å²) in [5, 5.41) is 21.8. The van der Waals surface area contributed by atoms with Gasteiger partial charge in [-0.15, -0.1) is 0 Å². The highest BCUT2D eigenvalue weighted by molar-refractivity contribution is 5.86. The highest BCUT2D eigenvalue weighted by atomic mass is 16.4. The van der Waals surface area contributed by atoms with Gasteiger partial charge in [0.25, 0.3) is 0 Å². The Kier molecular flexibility index (Phi) is 4.66. The number of carbonyl (C=O) groups is 2. The summed E-state index contributed by atoms with van der Waals surface area (Å²) in [6.45, 7) is 0. The third-order valence-electron chi connectivity index (χ3n) is 3.98. The van der Waals surface area contributed by atoms with Crippen molar-refractivity contribution < 1.29 is 19.8 Å². The van der Waals surface area contributed by atoms with E-state index in [1.165, 1.54) is 12.1 Å². The molecule has 0 unspecified atom stereocenters. The summed E-state index contributed by atoms with van der Waals surface area (Å²) < 4.78 is 1.93. The molecule has 0 radical (unpaired) electrons. The largest absolute Gasteiger partial charge is 0.550 e. The van der Waals surface area contributed by atoms with Crippen LogP contribution in [0.15, 0.2) is 66.7 Å². The molecule has 5 heteroatoms. The van der Waals surface area contributed by atoms with Gasteiger partial charge in [0.15, 0.2) is 0 Å². The molecule has 126 valence electrons. The predicted molar refractivity (Wildman–Crippen MR) is 88.9 cm³/mol. The van der Waals surface area contributed by atoms with E-state index >= 15 is 0 Å². The number of aromatic carboxylic acids is 1. The average Bonchev–Trinajstić information content (AvgIpc) is 3.04. The van der Waals surface area contributed by atoms with Crippen LogP contribution < -0.4 is 10.2 Å². The molecule has 1 aromatic heterocycles. The Balaban J connectivity index is 2.08. The first-order chi connectivity index (χ1) is 12.1. The van der Waals surface area contributed by atoms with Crippen LogP contribution in [0.5, 0.6) is 0 Å². The molecule has 1 heterocycles. The van der Waals surface area contributed by atoms with Gasteiger partial charge < -0.3 is 24.4 Å². The third kappa shape index (κ3) is 3.61. The summed E-state index contributed by atoms with van der Waals surface area (Å²) in [7, 11) is 0. The Labute approximate surface area is 144 Å². The standard InChI is InChI=1S/C20H17NO4/c22-19(23)13-11-17-10-12-18(14-4-2-1-3-5-14)21(17)16-8-6-15(7-9-16)20(24)25/h1-10,12H,11,13H2,(H,22,23)(H,24,25)/p-2. The van der Waals surface area contributed by atoms with Crippen LogP contribution >= 0.6 is 0 Å². The summed E-state index contributed by atoms with van der Waals surface area (Å²) in [6.07, 6.45) is 0.229. The van der Waals surface area contributed by atoms with Crippen LogP contribution in [0.25, 0.3) is 16.9 Å². The second-order valence-electron chi connectivity index (χ2n) is 5.62. The van der Waals surface area contributed by atoms with E-state index in [2.05, 4.69) is 0 Å². The summed E-state index contributed by atoms with van der Waals surface area (Å²) in [5.41, 5.74) is 3.53. The Hall–Kier alpha value is -3.34. The highest BCUT2D eigenvalue weighted by Gasteiger charge is 2.12. The monoisotopic (exact) mass is 333 g/mol. The molecular weight excluding hydrogens is 318 g/mol. The molecule has 2 aromatic carbocycles. The van der Waals surface area contributed by atoms with Crippen LogP contribution in [0.3, 0.4) is 0 Å². The molecule has 0 aliphatic carbocycles. The van der Waals surface area contributed by atoms with Gasteiger partial charge in [-0.05, 0) is 48.2 Å². The Bertz CT molecular complexity index is 895. The molecule has 0 atom stereocenters. The summed E-state index contributed by atoms with van der Waals surface area (Å²) in [5.74, 6) is -2.35. The lowest BCUT2D eigenvalue weighted by Crippen LogP contribution is -2.23. The van der Waals surface area contributed by atoms with Gasteiger partial charge in [-0.2, -0.15) is 0 Å². The van der Waals surface area contributed by atoms with E-state index in [1.807, 2.05) is 47.0 Å². The number of aliphatic carboxylic acids is 1. The number of hydrogen-bond donors (Lipinski definition) is 0. The molecule has 0 saturated heterocycles.